The first-order chi connectivity index (χ1) is 6.09. The Morgan fingerprint density at radius 3 is 2.77 bits per heavy atom. The van der Waals surface area contributed by atoms with Crippen molar-refractivity contribution in [3.05, 3.63) is 23.1 Å². The molecule has 0 radical (unpaired) electrons. The highest BCUT2D eigenvalue weighted by molar-refractivity contribution is 6.29. The van der Waals surface area contributed by atoms with Gasteiger partial charge < -0.3 is 9.15 Å². The maximum absolute atomic E-state index is 11.3. The van der Waals surface area contributed by atoms with Gasteiger partial charge in [-0.25, -0.2) is 0 Å². The van der Waals surface area contributed by atoms with Crippen LogP contribution in [0.3, 0.4) is 0 Å². The van der Waals surface area contributed by atoms with Crippen molar-refractivity contribution < 1.29 is 13.9 Å². The maximum Gasteiger partial charge on any atom is 0.223 e. The van der Waals surface area contributed by atoms with E-state index in [9.17, 15) is 4.79 Å². The van der Waals surface area contributed by atoms with Crippen LogP contribution in [0.25, 0.3) is 0 Å². The van der Waals surface area contributed by atoms with E-state index in [1.807, 2.05) is 13.8 Å². The predicted octanol–water partition coefficient (Wildman–Crippen LogP) is 2.54. The Labute approximate surface area is 81.6 Å². The quantitative estimate of drug-likeness (QED) is 0.705. The molecule has 1 rings (SSSR count). The molecule has 0 N–H and O–H groups in total. The fourth-order valence-electron chi connectivity index (χ4n) is 0.778. The highest BCUT2D eigenvalue weighted by Crippen LogP contribution is 2.13. The summed E-state index contributed by atoms with van der Waals surface area (Å²) < 4.78 is 10.0. The van der Waals surface area contributed by atoms with Crippen LogP contribution in [0.2, 0.25) is 5.22 Å². The largest absolute Gasteiger partial charge is 0.442 e. The minimum Gasteiger partial charge on any atom is -0.442 e. The van der Waals surface area contributed by atoms with E-state index < -0.39 is 0 Å². The van der Waals surface area contributed by atoms with Crippen molar-refractivity contribution in [2.45, 2.75) is 20.0 Å². The lowest BCUT2D eigenvalue weighted by molar-refractivity contribution is 0.0563. The third kappa shape index (κ3) is 3.20. The number of hydrogen-bond donors (Lipinski definition) is 0. The SMILES string of the molecule is CC(C)OCC(=O)c1ccc(Cl)o1. The Balaban J connectivity index is 2.49. The fraction of sp³-hybridized carbons (Fsp3) is 0.444. The Morgan fingerprint density at radius 2 is 2.31 bits per heavy atom. The van der Waals surface area contributed by atoms with Gasteiger partial charge in [0.05, 0.1) is 6.10 Å². The van der Waals surface area contributed by atoms with Crippen molar-refractivity contribution in [3.8, 4) is 0 Å². The van der Waals surface area contributed by atoms with Crippen molar-refractivity contribution >= 4 is 17.4 Å². The van der Waals surface area contributed by atoms with Crippen LogP contribution in [0.4, 0.5) is 0 Å². The standard InChI is InChI=1S/C9H11ClO3/c1-6(2)12-5-7(11)8-3-4-9(10)13-8/h3-4,6H,5H2,1-2H3. The van der Waals surface area contributed by atoms with E-state index in [0.717, 1.165) is 0 Å². The Kier molecular flexibility index (Phi) is 3.51. The second-order valence-electron chi connectivity index (χ2n) is 2.89. The molecule has 0 saturated heterocycles. The summed E-state index contributed by atoms with van der Waals surface area (Å²) in [6.07, 6.45) is 0.0365. The number of ketones is 1. The summed E-state index contributed by atoms with van der Waals surface area (Å²) in [6.45, 7) is 3.76. The molecule has 72 valence electrons. The Morgan fingerprint density at radius 1 is 1.62 bits per heavy atom. The van der Waals surface area contributed by atoms with Crippen molar-refractivity contribution in [3.63, 3.8) is 0 Å². The van der Waals surface area contributed by atoms with Crippen LogP contribution >= 0.6 is 11.6 Å². The predicted molar refractivity (Wildman–Crippen MR) is 49.1 cm³/mol. The molecule has 4 heteroatoms. The van der Waals surface area contributed by atoms with Crippen LogP contribution in [0.15, 0.2) is 16.5 Å². The van der Waals surface area contributed by atoms with Gasteiger partial charge in [-0.15, -0.1) is 0 Å². The average Bonchev–Trinajstić information content (AvgIpc) is 2.47. The van der Waals surface area contributed by atoms with Gasteiger partial charge in [0.25, 0.3) is 0 Å². The molecule has 0 aliphatic heterocycles. The second kappa shape index (κ2) is 4.44. The molecule has 0 spiro atoms. The highest BCUT2D eigenvalue weighted by Gasteiger charge is 2.11. The summed E-state index contributed by atoms with van der Waals surface area (Å²) >= 11 is 5.51. The lowest BCUT2D eigenvalue weighted by Crippen LogP contribution is -2.12. The molecule has 0 atom stereocenters. The van der Waals surface area contributed by atoms with Crippen molar-refractivity contribution in [2.24, 2.45) is 0 Å². The Bertz CT molecular complexity index is 291. The number of ether oxygens (including phenoxy) is 1. The van der Waals surface area contributed by atoms with E-state index in [0.29, 0.717) is 0 Å². The molecule has 0 fully saturated rings. The van der Waals surface area contributed by atoms with E-state index in [4.69, 9.17) is 20.8 Å². The summed E-state index contributed by atoms with van der Waals surface area (Å²) in [5, 5.41) is 0.216. The zero-order valence-corrected chi connectivity index (χ0v) is 8.30. The number of halogens is 1. The molecule has 0 amide bonds. The smallest absolute Gasteiger partial charge is 0.223 e. The zero-order valence-electron chi connectivity index (χ0n) is 7.54. The number of carbonyl (C=O) groups is 1. The number of furan rings is 1. The topological polar surface area (TPSA) is 39.4 Å². The van der Waals surface area contributed by atoms with Gasteiger partial charge in [0.15, 0.2) is 11.0 Å². The first-order valence-corrected chi connectivity index (χ1v) is 4.37. The van der Waals surface area contributed by atoms with Crippen molar-refractivity contribution in [1.82, 2.24) is 0 Å². The number of carbonyl (C=O) groups excluding carboxylic acids is 1. The summed E-state index contributed by atoms with van der Waals surface area (Å²) in [7, 11) is 0. The molecule has 0 aromatic carbocycles. The third-order valence-corrected chi connectivity index (χ3v) is 1.60. The van der Waals surface area contributed by atoms with Crippen LogP contribution in [0.5, 0.6) is 0 Å². The van der Waals surface area contributed by atoms with Gasteiger partial charge in [0, 0.05) is 0 Å². The van der Waals surface area contributed by atoms with Crippen LogP contribution in [0.1, 0.15) is 24.4 Å². The second-order valence-corrected chi connectivity index (χ2v) is 3.26. The van der Waals surface area contributed by atoms with Crippen LogP contribution in [0, 0.1) is 0 Å². The van der Waals surface area contributed by atoms with Gasteiger partial charge in [-0.3, -0.25) is 4.79 Å². The molecule has 0 saturated carbocycles. The summed E-state index contributed by atoms with van der Waals surface area (Å²) in [5.41, 5.74) is 0. The minimum atomic E-state index is -0.194. The van der Waals surface area contributed by atoms with E-state index in [1.165, 1.54) is 12.1 Å². The molecule has 0 bridgehead atoms. The normalized spacial score (nSPS) is 10.8. The number of hydrogen-bond acceptors (Lipinski definition) is 3. The van der Waals surface area contributed by atoms with Gasteiger partial charge in [-0.1, -0.05) is 0 Å². The first kappa shape index (κ1) is 10.3. The highest BCUT2D eigenvalue weighted by atomic mass is 35.5. The summed E-state index contributed by atoms with van der Waals surface area (Å²) in [4.78, 5) is 11.3. The van der Waals surface area contributed by atoms with E-state index in [2.05, 4.69) is 0 Å². The zero-order chi connectivity index (χ0) is 9.84. The number of Topliss-reactive ketones (excluding diaryl/α,β-unsaturated/α-hetero) is 1. The Hall–Kier alpha value is -0.800. The lowest BCUT2D eigenvalue weighted by Gasteiger charge is -2.04. The molecule has 1 aromatic heterocycles. The molecule has 13 heavy (non-hydrogen) atoms. The van der Waals surface area contributed by atoms with Crippen molar-refractivity contribution in [1.29, 1.82) is 0 Å². The minimum absolute atomic E-state index is 0.0293. The van der Waals surface area contributed by atoms with Crippen LogP contribution < -0.4 is 0 Å². The maximum atomic E-state index is 11.3. The molecule has 0 aliphatic carbocycles. The summed E-state index contributed by atoms with van der Waals surface area (Å²) in [5.74, 6) is 0.0475. The van der Waals surface area contributed by atoms with Gasteiger partial charge >= 0.3 is 0 Å². The molecule has 3 nitrogen and oxygen atoms in total. The fourth-order valence-corrected chi connectivity index (χ4v) is 0.924. The van der Waals surface area contributed by atoms with Crippen LogP contribution in [-0.2, 0) is 4.74 Å². The molecular weight excluding hydrogens is 192 g/mol. The van der Waals surface area contributed by atoms with Gasteiger partial charge in [-0.05, 0) is 37.6 Å². The molecule has 1 aromatic rings. The number of rotatable bonds is 4. The molecule has 0 unspecified atom stereocenters. The molecule has 0 aliphatic rings. The van der Waals surface area contributed by atoms with Gasteiger partial charge in [0.2, 0.25) is 5.78 Å². The van der Waals surface area contributed by atoms with Gasteiger partial charge in [-0.2, -0.15) is 0 Å². The van der Waals surface area contributed by atoms with Crippen LogP contribution in [-0.4, -0.2) is 18.5 Å². The monoisotopic (exact) mass is 202 g/mol. The van der Waals surface area contributed by atoms with E-state index >= 15 is 0 Å². The first-order valence-electron chi connectivity index (χ1n) is 3.99. The van der Waals surface area contributed by atoms with Gasteiger partial charge in [0.1, 0.15) is 6.61 Å². The third-order valence-electron chi connectivity index (χ3n) is 1.40. The summed E-state index contributed by atoms with van der Waals surface area (Å²) in [6, 6.07) is 3.07. The average molecular weight is 203 g/mol. The molecular formula is C9H11ClO3. The van der Waals surface area contributed by atoms with E-state index in [-0.39, 0.29) is 29.5 Å². The van der Waals surface area contributed by atoms with Crippen molar-refractivity contribution in [2.75, 3.05) is 6.61 Å². The van der Waals surface area contributed by atoms with E-state index in [1.54, 1.807) is 0 Å². The molecule has 1 heterocycles. The lowest BCUT2D eigenvalue weighted by atomic mass is 10.3.